The Hall–Kier alpha value is -2.51. The molecular weight excluding hydrogens is 316 g/mol. The second-order valence-corrected chi connectivity index (χ2v) is 6.42. The molecule has 0 aliphatic carbocycles. The van der Waals surface area contributed by atoms with Crippen LogP contribution in [0.2, 0.25) is 0 Å². The van der Waals surface area contributed by atoms with Gasteiger partial charge in [0.05, 0.1) is 6.10 Å². The molecule has 7 nitrogen and oxygen atoms in total. The molecule has 3 heterocycles. The summed E-state index contributed by atoms with van der Waals surface area (Å²) in [5.41, 5.74) is 1.74. The number of aryl methyl sites for hydroxylation is 1. The van der Waals surface area contributed by atoms with Crippen molar-refractivity contribution in [2.75, 3.05) is 37.6 Å². The molecule has 7 heteroatoms. The van der Waals surface area contributed by atoms with E-state index in [9.17, 15) is 5.11 Å². The van der Waals surface area contributed by atoms with E-state index in [4.69, 9.17) is 0 Å². The van der Waals surface area contributed by atoms with Crippen molar-refractivity contribution in [3.8, 4) is 0 Å². The van der Waals surface area contributed by atoms with Gasteiger partial charge >= 0.3 is 0 Å². The smallest absolute Gasteiger partial charge is 0.178 e. The van der Waals surface area contributed by atoms with Gasteiger partial charge in [-0.1, -0.05) is 30.3 Å². The third-order valence-corrected chi connectivity index (χ3v) is 4.72. The van der Waals surface area contributed by atoms with Crippen LogP contribution in [0, 0.1) is 6.92 Å². The van der Waals surface area contributed by atoms with E-state index in [0.29, 0.717) is 6.54 Å². The summed E-state index contributed by atoms with van der Waals surface area (Å²) in [5, 5.41) is 23.2. The summed E-state index contributed by atoms with van der Waals surface area (Å²) in [6, 6.07) is 13.8. The van der Waals surface area contributed by atoms with E-state index in [0.717, 1.165) is 49.0 Å². The van der Waals surface area contributed by atoms with Gasteiger partial charge in [-0.05, 0) is 24.6 Å². The Morgan fingerprint density at radius 1 is 1.00 bits per heavy atom. The summed E-state index contributed by atoms with van der Waals surface area (Å²) in [6.07, 6.45) is -0.443. The number of nitrogens with zero attached hydrogens (tertiary/aromatic N) is 6. The molecule has 1 N–H and O–H groups in total. The molecule has 3 aromatic rings. The van der Waals surface area contributed by atoms with Crippen LogP contribution in [0.4, 0.5) is 5.82 Å². The zero-order valence-electron chi connectivity index (χ0n) is 14.3. The lowest BCUT2D eigenvalue weighted by atomic mass is 10.1. The molecule has 0 spiro atoms. The summed E-state index contributed by atoms with van der Waals surface area (Å²) >= 11 is 0. The molecule has 1 aliphatic rings. The Balaban J connectivity index is 1.38. The number of piperazine rings is 1. The highest BCUT2D eigenvalue weighted by molar-refractivity contribution is 5.46. The fraction of sp³-hybridized carbons (Fsp3) is 0.389. The van der Waals surface area contributed by atoms with Crippen LogP contribution < -0.4 is 4.90 Å². The molecule has 0 amide bonds. The quantitative estimate of drug-likeness (QED) is 0.773. The number of aliphatic hydroxyl groups excluding tert-OH is 1. The van der Waals surface area contributed by atoms with Gasteiger partial charge in [0.15, 0.2) is 11.5 Å². The topological polar surface area (TPSA) is 69.8 Å². The van der Waals surface area contributed by atoms with Gasteiger partial charge < -0.3 is 10.0 Å². The number of aliphatic hydroxyl groups is 1. The molecule has 2 aromatic heterocycles. The largest absolute Gasteiger partial charge is 0.387 e. The third-order valence-electron chi connectivity index (χ3n) is 4.72. The summed E-state index contributed by atoms with van der Waals surface area (Å²) in [7, 11) is 0. The van der Waals surface area contributed by atoms with Crippen molar-refractivity contribution in [2.45, 2.75) is 13.0 Å². The lowest BCUT2D eigenvalue weighted by molar-refractivity contribution is 0.109. The minimum atomic E-state index is -0.443. The Morgan fingerprint density at radius 2 is 1.76 bits per heavy atom. The van der Waals surface area contributed by atoms with Crippen LogP contribution in [0.1, 0.15) is 17.5 Å². The van der Waals surface area contributed by atoms with Gasteiger partial charge in [0.25, 0.3) is 0 Å². The van der Waals surface area contributed by atoms with E-state index in [2.05, 4.69) is 25.1 Å². The van der Waals surface area contributed by atoms with Gasteiger partial charge in [0.1, 0.15) is 5.82 Å². The predicted molar refractivity (Wildman–Crippen MR) is 95.6 cm³/mol. The van der Waals surface area contributed by atoms with Gasteiger partial charge in [-0.2, -0.15) is 4.52 Å². The van der Waals surface area contributed by atoms with E-state index in [-0.39, 0.29) is 0 Å². The van der Waals surface area contributed by atoms with Crippen LogP contribution in [-0.2, 0) is 0 Å². The number of fused-ring (bicyclic) bond motifs is 1. The van der Waals surface area contributed by atoms with Crippen molar-refractivity contribution in [3.05, 3.63) is 53.9 Å². The Morgan fingerprint density at radius 3 is 2.52 bits per heavy atom. The van der Waals surface area contributed by atoms with Gasteiger partial charge in [-0.15, -0.1) is 15.3 Å². The average molecular weight is 338 g/mol. The van der Waals surface area contributed by atoms with E-state index in [1.807, 2.05) is 49.4 Å². The first-order valence-electron chi connectivity index (χ1n) is 8.60. The standard InChI is InChI=1S/C18H22N6O/c1-14-19-20-17-7-8-18(21-24(14)17)23-11-9-22(10-12-23)13-16(25)15-5-3-2-4-6-15/h2-8,16,25H,9-13H2,1H3/t16-/m0/s1. The number of anilines is 1. The Kier molecular flexibility index (Phi) is 4.33. The molecule has 4 rings (SSSR count). The van der Waals surface area contributed by atoms with E-state index in [1.54, 1.807) is 4.52 Å². The third kappa shape index (κ3) is 3.33. The van der Waals surface area contributed by atoms with Crippen LogP contribution in [0.25, 0.3) is 5.65 Å². The minimum Gasteiger partial charge on any atom is -0.387 e. The van der Waals surface area contributed by atoms with E-state index >= 15 is 0 Å². The van der Waals surface area contributed by atoms with Gasteiger partial charge in [0.2, 0.25) is 0 Å². The second-order valence-electron chi connectivity index (χ2n) is 6.42. The fourth-order valence-electron chi connectivity index (χ4n) is 3.24. The molecule has 1 aliphatic heterocycles. The van der Waals surface area contributed by atoms with Gasteiger partial charge in [-0.25, -0.2) is 0 Å². The van der Waals surface area contributed by atoms with Crippen LogP contribution in [0.5, 0.6) is 0 Å². The molecule has 0 radical (unpaired) electrons. The highest BCUT2D eigenvalue weighted by Crippen LogP contribution is 2.18. The maximum Gasteiger partial charge on any atom is 0.178 e. The van der Waals surface area contributed by atoms with Gasteiger partial charge in [-0.3, -0.25) is 4.90 Å². The fourth-order valence-corrected chi connectivity index (χ4v) is 3.24. The minimum absolute atomic E-state index is 0.443. The lowest BCUT2D eigenvalue weighted by Crippen LogP contribution is -2.47. The normalized spacial score (nSPS) is 17.1. The molecular formula is C18H22N6O. The van der Waals surface area contributed by atoms with Crippen LogP contribution >= 0.6 is 0 Å². The number of hydrogen-bond acceptors (Lipinski definition) is 6. The molecule has 0 bridgehead atoms. The monoisotopic (exact) mass is 338 g/mol. The number of benzene rings is 1. The predicted octanol–water partition coefficient (Wildman–Crippen LogP) is 1.29. The molecule has 1 aromatic carbocycles. The van der Waals surface area contributed by atoms with E-state index < -0.39 is 6.10 Å². The summed E-state index contributed by atoms with van der Waals surface area (Å²) in [4.78, 5) is 4.57. The van der Waals surface area contributed by atoms with Crippen molar-refractivity contribution in [1.82, 2.24) is 24.7 Å². The van der Waals surface area contributed by atoms with Crippen LogP contribution in [0.15, 0.2) is 42.5 Å². The molecule has 1 atom stereocenters. The Labute approximate surface area is 146 Å². The maximum absolute atomic E-state index is 10.4. The summed E-state index contributed by atoms with van der Waals surface area (Å²) < 4.78 is 1.78. The average Bonchev–Trinajstić information content (AvgIpc) is 3.03. The zero-order valence-corrected chi connectivity index (χ0v) is 14.3. The maximum atomic E-state index is 10.4. The SMILES string of the molecule is Cc1nnc2ccc(N3CCN(C[C@H](O)c4ccccc4)CC3)nn12. The molecule has 0 saturated carbocycles. The number of hydrogen-bond donors (Lipinski definition) is 1. The molecule has 1 saturated heterocycles. The molecule has 1 fully saturated rings. The molecule has 130 valence electrons. The van der Waals surface area contributed by atoms with E-state index in [1.165, 1.54) is 0 Å². The first-order chi connectivity index (χ1) is 12.2. The van der Waals surface area contributed by atoms with Crippen LogP contribution in [0.3, 0.4) is 0 Å². The van der Waals surface area contributed by atoms with Crippen molar-refractivity contribution < 1.29 is 5.11 Å². The number of rotatable bonds is 4. The van der Waals surface area contributed by atoms with Crippen molar-refractivity contribution in [1.29, 1.82) is 0 Å². The molecule has 0 unspecified atom stereocenters. The van der Waals surface area contributed by atoms with Crippen molar-refractivity contribution >= 4 is 11.5 Å². The Bertz CT molecular complexity index is 841. The highest BCUT2D eigenvalue weighted by Gasteiger charge is 2.21. The van der Waals surface area contributed by atoms with Crippen molar-refractivity contribution in [3.63, 3.8) is 0 Å². The summed E-state index contributed by atoms with van der Waals surface area (Å²) in [6.45, 7) is 6.16. The summed E-state index contributed by atoms with van der Waals surface area (Å²) in [5.74, 6) is 1.74. The van der Waals surface area contributed by atoms with Gasteiger partial charge in [0, 0.05) is 32.7 Å². The highest BCUT2D eigenvalue weighted by atomic mass is 16.3. The number of aromatic nitrogens is 4. The first kappa shape index (κ1) is 16.0. The lowest BCUT2D eigenvalue weighted by Gasteiger charge is -2.36. The van der Waals surface area contributed by atoms with Crippen molar-refractivity contribution in [2.24, 2.45) is 0 Å². The zero-order chi connectivity index (χ0) is 17.2. The number of β-amino-alcohol motifs (C(OH)–C–C–N with tert-alkyl or cyclic N) is 1. The second kappa shape index (κ2) is 6.78. The first-order valence-corrected chi connectivity index (χ1v) is 8.60. The van der Waals surface area contributed by atoms with Crippen LogP contribution in [-0.4, -0.2) is 62.5 Å². The molecule has 25 heavy (non-hydrogen) atoms.